The maximum Gasteiger partial charge on any atom is 0.132 e. The van der Waals surface area contributed by atoms with Gasteiger partial charge in [-0.15, -0.1) is 0 Å². The molecule has 1 rings (SSSR count). The lowest BCUT2D eigenvalue weighted by molar-refractivity contribution is -0.119. The van der Waals surface area contributed by atoms with Crippen LogP contribution in [0.1, 0.15) is 45.4 Å². The number of ketones is 1. The van der Waals surface area contributed by atoms with Gasteiger partial charge in [0, 0.05) is 12.8 Å². The first kappa shape index (κ1) is 8.51. The van der Waals surface area contributed by atoms with Crippen LogP contribution in [-0.4, -0.2) is 5.78 Å². The molecule has 0 amide bonds. The van der Waals surface area contributed by atoms with E-state index in [9.17, 15) is 4.79 Å². The highest BCUT2D eigenvalue weighted by molar-refractivity contribution is 5.78. The van der Waals surface area contributed by atoms with Crippen molar-refractivity contribution < 1.29 is 4.79 Å². The molecule has 0 saturated heterocycles. The van der Waals surface area contributed by atoms with Crippen LogP contribution in [0.3, 0.4) is 0 Å². The van der Waals surface area contributed by atoms with Gasteiger partial charge in [-0.3, -0.25) is 4.79 Å². The monoisotopic (exact) mass is 152 g/mol. The highest BCUT2D eigenvalue weighted by atomic mass is 16.1. The van der Waals surface area contributed by atoms with Gasteiger partial charge in [0.1, 0.15) is 5.78 Å². The van der Waals surface area contributed by atoms with E-state index in [2.05, 4.69) is 13.0 Å². The van der Waals surface area contributed by atoms with Crippen LogP contribution in [0.2, 0.25) is 0 Å². The highest BCUT2D eigenvalue weighted by Crippen LogP contribution is 2.19. The Kier molecular flexibility index (Phi) is 3.34. The van der Waals surface area contributed by atoms with Crippen molar-refractivity contribution in [3.63, 3.8) is 0 Å². The van der Waals surface area contributed by atoms with Crippen molar-refractivity contribution in [3.8, 4) is 0 Å². The SMILES string of the molecule is CC=C1CCCC(=O)CCC1. The molecule has 0 unspecified atom stereocenters. The number of carbonyl (C=O) groups excluding carboxylic acids is 1. The van der Waals surface area contributed by atoms with Crippen molar-refractivity contribution >= 4 is 5.78 Å². The molecule has 1 fully saturated rings. The summed E-state index contributed by atoms with van der Waals surface area (Å²) in [4.78, 5) is 11.0. The lowest BCUT2D eigenvalue weighted by atomic mass is 9.95. The van der Waals surface area contributed by atoms with Gasteiger partial charge in [-0.05, 0) is 32.6 Å². The Morgan fingerprint density at radius 3 is 2.09 bits per heavy atom. The summed E-state index contributed by atoms with van der Waals surface area (Å²) in [7, 11) is 0. The number of Topliss-reactive ketones (excluding diaryl/α,β-unsaturated/α-hetero) is 1. The fourth-order valence-electron chi connectivity index (χ4n) is 1.56. The number of rotatable bonds is 0. The third-order valence-electron chi connectivity index (χ3n) is 2.32. The molecule has 0 bridgehead atoms. The minimum Gasteiger partial charge on any atom is -0.300 e. The quantitative estimate of drug-likeness (QED) is 0.488. The second kappa shape index (κ2) is 4.32. The van der Waals surface area contributed by atoms with Crippen LogP contribution in [-0.2, 0) is 4.79 Å². The molecule has 1 nitrogen and oxygen atoms in total. The lowest BCUT2D eigenvalue weighted by Gasteiger charge is -2.10. The highest BCUT2D eigenvalue weighted by Gasteiger charge is 2.07. The van der Waals surface area contributed by atoms with E-state index in [-0.39, 0.29) is 0 Å². The van der Waals surface area contributed by atoms with Crippen molar-refractivity contribution in [2.45, 2.75) is 45.4 Å². The minimum atomic E-state index is 0.458. The fourth-order valence-corrected chi connectivity index (χ4v) is 1.56. The van der Waals surface area contributed by atoms with E-state index in [0.29, 0.717) is 5.78 Å². The van der Waals surface area contributed by atoms with Gasteiger partial charge in [0.05, 0.1) is 0 Å². The minimum absolute atomic E-state index is 0.458. The lowest BCUT2D eigenvalue weighted by Crippen LogP contribution is -2.02. The molecular weight excluding hydrogens is 136 g/mol. The Balaban J connectivity index is 2.40. The van der Waals surface area contributed by atoms with Crippen LogP contribution in [0.15, 0.2) is 11.6 Å². The Bertz CT molecular complexity index is 154. The van der Waals surface area contributed by atoms with E-state index in [1.54, 1.807) is 0 Å². The van der Waals surface area contributed by atoms with Gasteiger partial charge in [-0.2, -0.15) is 0 Å². The summed E-state index contributed by atoms with van der Waals surface area (Å²) >= 11 is 0. The molecule has 0 N–H and O–H groups in total. The van der Waals surface area contributed by atoms with Crippen molar-refractivity contribution in [1.82, 2.24) is 0 Å². The Morgan fingerprint density at radius 2 is 1.64 bits per heavy atom. The maximum absolute atomic E-state index is 11.0. The molecule has 0 aromatic heterocycles. The predicted octanol–water partition coefficient (Wildman–Crippen LogP) is 2.86. The van der Waals surface area contributed by atoms with E-state index >= 15 is 0 Å². The van der Waals surface area contributed by atoms with Crippen LogP contribution < -0.4 is 0 Å². The predicted molar refractivity (Wildman–Crippen MR) is 46.5 cm³/mol. The average molecular weight is 152 g/mol. The zero-order valence-electron chi connectivity index (χ0n) is 7.23. The summed E-state index contributed by atoms with van der Waals surface area (Å²) in [6.07, 6.45) is 8.23. The van der Waals surface area contributed by atoms with E-state index in [1.165, 1.54) is 5.57 Å². The van der Waals surface area contributed by atoms with E-state index < -0.39 is 0 Å². The summed E-state index contributed by atoms with van der Waals surface area (Å²) in [6.45, 7) is 2.10. The fraction of sp³-hybridized carbons (Fsp3) is 0.700. The van der Waals surface area contributed by atoms with Crippen LogP contribution in [0, 0.1) is 0 Å². The number of carbonyl (C=O) groups is 1. The van der Waals surface area contributed by atoms with Gasteiger partial charge in [-0.25, -0.2) is 0 Å². The molecule has 1 aliphatic rings. The largest absolute Gasteiger partial charge is 0.300 e. The molecule has 1 aliphatic carbocycles. The van der Waals surface area contributed by atoms with Crippen molar-refractivity contribution in [1.29, 1.82) is 0 Å². The number of allylic oxidation sites excluding steroid dienone is 2. The molecule has 0 radical (unpaired) electrons. The average Bonchev–Trinajstić information content (AvgIpc) is 1.96. The molecule has 0 aromatic rings. The van der Waals surface area contributed by atoms with Gasteiger partial charge in [0.2, 0.25) is 0 Å². The Hall–Kier alpha value is -0.590. The third kappa shape index (κ3) is 2.87. The number of hydrogen-bond donors (Lipinski definition) is 0. The number of hydrogen-bond acceptors (Lipinski definition) is 1. The zero-order chi connectivity index (χ0) is 8.10. The topological polar surface area (TPSA) is 17.1 Å². The first-order valence-corrected chi connectivity index (χ1v) is 4.48. The van der Waals surface area contributed by atoms with Crippen LogP contribution in [0.25, 0.3) is 0 Å². The van der Waals surface area contributed by atoms with Gasteiger partial charge in [0.25, 0.3) is 0 Å². The van der Waals surface area contributed by atoms with E-state index in [4.69, 9.17) is 0 Å². The summed E-state index contributed by atoms with van der Waals surface area (Å²) in [5.74, 6) is 0.458. The summed E-state index contributed by atoms with van der Waals surface area (Å²) < 4.78 is 0. The summed E-state index contributed by atoms with van der Waals surface area (Å²) in [5, 5.41) is 0. The Labute approximate surface area is 68.5 Å². The molecule has 1 saturated carbocycles. The normalized spacial score (nSPS) is 20.8. The molecule has 0 aromatic carbocycles. The zero-order valence-corrected chi connectivity index (χ0v) is 7.23. The molecule has 62 valence electrons. The molecule has 1 heteroatoms. The molecule has 11 heavy (non-hydrogen) atoms. The second-order valence-corrected chi connectivity index (χ2v) is 3.19. The molecule has 0 aliphatic heterocycles. The first-order valence-electron chi connectivity index (χ1n) is 4.48. The van der Waals surface area contributed by atoms with E-state index in [1.807, 2.05) is 0 Å². The van der Waals surface area contributed by atoms with Crippen LogP contribution >= 0.6 is 0 Å². The molecule has 0 heterocycles. The van der Waals surface area contributed by atoms with E-state index in [0.717, 1.165) is 38.5 Å². The first-order chi connectivity index (χ1) is 5.33. The third-order valence-corrected chi connectivity index (χ3v) is 2.32. The maximum atomic E-state index is 11.0. The summed E-state index contributed by atoms with van der Waals surface area (Å²) in [5.41, 5.74) is 1.54. The van der Waals surface area contributed by atoms with Crippen molar-refractivity contribution in [3.05, 3.63) is 11.6 Å². The summed E-state index contributed by atoms with van der Waals surface area (Å²) in [6, 6.07) is 0. The molecule has 0 spiro atoms. The van der Waals surface area contributed by atoms with Gasteiger partial charge in [0.15, 0.2) is 0 Å². The van der Waals surface area contributed by atoms with Crippen LogP contribution in [0.4, 0.5) is 0 Å². The smallest absolute Gasteiger partial charge is 0.132 e. The molecular formula is C10H16O. The van der Waals surface area contributed by atoms with Gasteiger partial charge < -0.3 is 0 Å². The van der Waals surface area contributed by atoms with Crippen molar-refractivity contribution in [2.75, 3.05) is 0 Å². The second-order valence-electron chi connectivity index (χ2n) is 3.19. The van der Waals surface area contributed by atoms with Crippen LogP contribution in [0.5, 0.6) is 0 Å². The van der Waals surface area contributed by atoms with Gasteiger partial charge in [-0.1, -0.05) is 11.6 Å². The van der Waals surface area contributed by atoms with Gasteiger partial charge >= 0.3 is 0 Å². The standard InChI is InChI=1S/C10H16O/c1-2-9-5-3-7-10(11)8-4-6-9/h2H,3-8H2,1H3. The Morgan fingerprint density at radius 1 is 1.09 bits per heavy atom. The van der Waals surface area contributed by atoms with Crippen molar-refractivity contribution in [2.24, 2.45) is 0 Å². The molecule has 0 atom stereocenters.